The Balaban J connectivity index is 1.07. The molecule has 9 aromatic carbocycles. The standard InChI is InChI=1S/C54H36BN3O2/c1-6-18-37(19-7-1)56(38-20-8-2-9-21-38)42-30-31-44-45-35-52-47(36-51(45)59-50(44)33-42)55-46-28-16-17-29-48(46)58(41-26-14-5-15-27-41)49-32-43(34-53(60-52)54(49)55)57(39-22-10-3-11-23-39)40-24-12-4-13-25-40/h1-36H. The molecule has 0 saturated heterocycles. The molecule has 0 unspecified atom stereocenters. The molecule has 0 radical (unpaired) electrons. The average molecular weight is 770 g/mol. The van der Waals surface area contributed by atoms with E-state index in [2.05, 4.69) is 221 Å². The molecule has 60 heavy (non-hydrogen) atoms. The highest BCUT2D eigenvalue weighted by Gasteiger charge is 2.43. The largest absolute Gasteiger partial charge is 0.458 e. The maximum Gasteiger partial charge on any atom is 0.256 e. The second-order valence-electron chi connectivity index (χ2n) is 15.3. The molecule has 5 nitrogen and oxygen atoms in total. The van der Waals surface area contributed by atoms with E-state index in [-0.39, 0.29) is 6.71 Å². The van der Waals surface area contributed by atoms with Crippen molar-refractivity contribution in [1.29, 1.82) is 0 Å². The number of benzene rings is 9. The highest BCUT2D eigenvalue weighted by Crippen LogP contribution is 2.47. The minimum Gasteiger partial charge on any atom is -0.458 e. The third-order valence-corrected chi connectivity index (χ3v) is 11.8. The van der Waals surface area contributed by atoms with Crippen molar-refractivity contribution in [3.8, 4) is 11.5 Å². The van der Waals surface area contributed by atoms with E-state index in [0.717, 1.165) is 95.5 Å². The molecule has 0 bridgehead atoms. The minimum atomic E-state index is -0.0920. The van der Waals surface area contributed by atoms with Gasteiger partial charge in [0, 0.05) is 68.4 Å². The zero-order chi connectivity index (χ0) is 39.6. The second kappa shape index (κ2) is 13.9. The van der Waals surface area contributed by atoms with E-state index in [1.54, 1.807) is 0 Å². The number of ether oxygens (including phenoxy) is 1. The minimum absolute atomic E-state index is 0.0920. The fourth-order valence-corrected chi connectivity index (χ4v) is 9.27. The molecule has 0 N–H and O–H groups in total. The van der Waals surface area contributed by atoms with Gasteiger partial charge in [-0.15, -0.1) is 0 Å². The van der Waals surface area contributed by atoms with Crippen LogP contribution in [0.2, 0.25) is 0 Å². The van der Waals surface area contributed by atoms with Crippen molar-refractivity contribution < 1.29 is 9.15 Å². The van der Waals surface area contributed by atoms with E-state index >= 15 is 0 Å². The van der Waals surface area contributed by atoms with Crippen LogP contribution in [0.4, 0.5) is 51.2 Å². The highest BCUT2D eigenvalue weighted by molar-refractivity contribution is 6.99. The number of rotatable bonds is 7. The van der Waals surface area contributed by atoms with Crippen LogP contribution in [0.3, 0.4) is 0 Å². The molecule has 6 heteroatoms. The van der Waals surface area contributed by atoms with Crippen molar-refractivity contribution >= 4 is 96.2 Å². The monoisotopic (exact) mass is 769 g/mol. The zero-order valence-corrected chi connectivity index (χ0v) is 32.5. The summed E-state index contributed by atoms with van der Waals surface area (Å²) in [5.41, 5.74) is 14.7. The van der Waals surface area contributed by atoms with Crippen LogP contribution in [-0.4, -0.2) is 6.71 Å². The second-order valence-corrected chi connectivity index (χ2v) is 15.3. The summed E-state index contributed by atoms with van der Waals surface area (Å²) in [7, 11) is 0. The van der Waals surface area contributed by atoms with Gasteiger partial charge in [0.05, 0.1) is 5.69 Å². The third-order valence-electron chi connectivity index (χ3n) is 11.8. The lowest BCUT2D eigenvalue weighted by Crippen LogP contribution is -2.59. The summed E-state index contributed by atoms with van der Waals surface area (Å²) in [6.07, 6.45) is 0. The van der Waals surface area contributed by atoms with Crippen molar-refractivity contribution in [2.45, 2.75) is 0 Å². The van der Waals surface area contributed by atoms with Crippen molar-refractivity contribution in [3.63, 3.8) is 0 Å². The molecule has 0 amide bonds. The van der Waals surface area contributed by atoms with Gasteiger partial charge in [-0.2, -0.15) is 0 Å². The Morgan fingerprint density at radius 1 is 0.367 bits per heavy atom. The number of hydrogen-bond donors (Lipinski definition) is 0. The van der Waals surface area contributed by atoms with Crippen LogP contribution in [0.5, 0.6) is 11.5 Å². The van der Waals surface area contributed by atoms with Gasteiger partial charge in [-0.05, 0) is 113 Å². The van der Waals surface area contributed by atoms with Crippen LogP contribution in [0.1, 0.15) is 0 Å². The van der Waals surface area contributed by atoms with Gasteiger partial charge >= 0.3 is 0 Å². The van der Waals surface area contributed by atoms with Crippen LogP contribution in [0.15, 0.2) is 223 Å². The fraction of sp³-hybridized carbons (Fsp3) is 0. The molecular weight excluding hydrogens is 733 g/mol. The topological polar surface area (TPSA) is 32.1 Å². The predicted octanol–water partition coefficient (Wildman–Crippen LogP) is 12.9. The summed E-state index contributed by atoms with van der Waals surface area (Å²) in [6.45, 7) is -0.0920. The average Bonchev–Trinajstić information content (AvgIpc) is 3.66. The maximum absolute atomic E-state index is 7.19. The Hall–Kier alpha value is -7.96. The van der Waals surface area contributed by atoms with E-state index in [4.69, 9.17) is 9.15 Å². The lowest BCUT2D eigenvalue weighted by molar-refractivity contribution is 0.488. The van der Waals surface area contributed by atoms with Gasteiger partial charge in [0.25, 0.3) is 6.71 Å². The van der Waals surface area contributed by atoms with E-state index in [1.165, 1.54) is 5.46 Å². The number of hydrogen-bond acceptors (Lipinski definition) is 5. The summed E-state index contributed by atoms with van der Waals surface area (Å²) >= 11 is 0. The van der Waals surface area contributed by atoms with Crippen molar-refractivity contribution in [3.05, 3.63) is 218 Å². The van der Waals surface area contributed by atoms with Crippen molar-refractivity contribution in [2.75, 3.05) is 14.7 Å². The first-order valence-electron chi connectivity index (χ1n) is 20.4. The summed E-state index contributed by atoms with van der Waals surface area (Å²) in [4.78, 5) is 6.97. The Bertz CT molecular complexity index is 3120. The molecule has 0 atom stereocenters. The smallest absolute Gasteiger partial charge is 0.256 e. The SMILES string of the molecule is c1ccc(N(c2ccccc2)c2cc3c4c(c2)N(c2ccccc2)c2ccccc2B4c2cc4oc5cc(N(c6ccccc6)c6ccccc6)ccc5c4cc2O3)cc1. The van der Waals surface area contributed by atoms with E-state index < -0.39 is 0 Å². The van der Waals surface area contributed by atoms with E-state index in [9.17, 15) is 0 Å². The van der Waals surface area contributed by atoms with Crippen LogP contribution in [0, 0.1) is 0 Å². The summed E-state index contributed by atoms with van der Waals surface area (Å²) in [6, 6.07) is 77.0. The Morgan fingerprint density at radius 2 is 0.900 bits per heavy atom. The lowest BCUT2D eigenvalue weighted by Gasteiger charge is -2.41. The van der Waals surface area contributed by atoms with Crippen LogP contribution < -0.4 is 35.8 Å². The normalized spacial score (nSPS) is 12.4. The van der Waals surface area contributed by atoms with E-state index in [0.29, 0.717) is 0 Å². The number of para-hydroxylation sites is 6. The quantitative estimate of drug-likeness (QED) is 0.151. The molecule has 282 valence electrons. The van der Waals surface area contributed by atoms with Crippen molar-refractivity contribution in [2.24, 2.45) is 0 Å². The van der Waals surface area contributed by atoms with Crippen LogP contribution in [0.25, 0.3) is 21.9 Å². The molecule has 0 aliphatic carbocycles. The number of nitrogens with zero attached hydrogens (tertiary/aromatic N) is 3. The number of furan rings is 1. The summed E-state index contributed by atoms with van der Waals surface area (Å²) < 4.78 is 14.0. The van der Waals surface area contributed by atoms with Crippen molar-refractivity contribution in [1.82, 2.24) is 0 Å². The summed E-state index contributed by atoms with van der Waals surface area (Å²) in [5, 5.41) is 2.06. The van der Waals surface area contributed by atoms with Gasteiger partial charge in [-0.1, -0.05) is 109 Å². The first kappa shape index (κ1) is 34.1. The molecule has 2 aliphatic rings. The molecule has 2 aliphatic heterocycles. The highest BCUT2D eigenvalue weighted by atomic mass is 16.5. The van der Waals surface area contributed by atoms with Gasteiger partial charge in [-0.25, -0.2) is 0 Å². The Labute approximate surface area is 348 Å². The fourth-order valence-electron chi connectivity index (χ4n) is 9.27. The molecule has 0 fully saturated rings. The first-order valence-corrected chi connectivity index (χ1v) is 20.4. The molecular formula is C54H36BN3O2. The molecule has 10 aromatic rings. The first-order chi connectivity index (χ1) is 29.8. The van der Waals surface area contributed by atoms with Gasteiger partial charge in [0.15, 0.2) is 0 Å². The molecule has 12 rings (SSSR count). The number of anilines is 9. The van der Waals surface area contributed by atoms with Gasteiger partial charge in [0.2, 0.25) is 0 Å². The van der Waals surface area contributed by atoms with Gasteiger partial charge in [-0.3, -0.25) is 0 Å². The molecule has 1 aromatic heterocycles. The zero-order valence-electron chi connectivity index (χ0n) is 32.5. The Kier molecular flexibility index (Phi) is 7.88. The summed E-state index contributed by atoms with van der Waals surface area (Å²) in [5.74, 6) is 1.67. The number of fused-ring (bicyclic) bond motifs is 7. The van der Waals surface area contributed by atoms with Crippen LogP contribution >= 0.6 is 0 Å². The molecule has 3 heterocycles. The molecule has 0 spiro atoms. The van der Waals surface area contributed by atoms with Gasteiger partial charge in [0.1, 0.15) is 22.7 Å². The lowest BCUT2D eigenvalue weighted by atomic mass is 9.34. The van der Waals surface area contributed by atoms with Crippen LogP contribution in [-0.2, 0) is 0 Å². The van der Waals surface area contributed by atoms with E-state index in [1.807, 2.05) is 12.1 Å². The van der Waals surface area contributed by atoms with Gasteiger partial charge < -0.3 is 23.9 Å². The Morgan fingerprint density at radius 3 is 1.52 bits per heavy atom. The molecule has 0 saturated carbocycles. The third kappa shape index (κ3) is 5.49. The maximum atomic E-state index is 7.19. The predicted molar refractivity (Wildman–Crippen MR) is 249 cm³/mol.